The Hall–Kier alpha value is -1.74. The molecule has 0 saturated carbocycles. The van der Waals surface area contributed by atoms with Crippen molar-refractivity contribution in [1.82, 2.24) is 0 Å². The van der Waals surface area contributed by atoms with Crippen LogP contribution in [0.2, 0.25) is 0 Å². The Morgan fingerprint density at radius 3 is 2.88 bits per heavy atom. The number of aliphatic hydroxyl groups is 1. The molecule has 3 nitrogen and oxygen atoms in total. The number of hydrogen-bond donors (Lipinski definition) is 1. The predicted molar refractivity (Wildman–Crippen MR) is 97.0 cm³/mol. The molecule has 0 aliphatic heterocycles. The fourth-order valence-electron chi connectivity index (χ4n) is 2.90. The van der Waals surface area contributed by atoms with Crippen LogP contribution in [0, 0.1) is 5.92 Å². The smallest absolute Gasteiger partial charge is 0.108 e. The molecule has 0 saturated heterocycles. The van der Waals surface area contributed by atoms with Crippen LogP contribution in [0.5, 0.6) is 0 Å². The summed E-state index contributed by atoms with van der Waals surface area (Å²) in [6.07, 6.45) is 15.0. The van der Waals surface area contributed by atoms with Gasteiger partial charge in [-0.3, -0.25) is 0 Å². The minimum absolute atomic E-state index is 0.303. The zero-order valence-electron chi connectivity index (χ0n) is 15.0. The summed E-state index contributed by atoms with van der Waals surface area (Å²) in [5.74, 6) is 1.61. The average molecular weight is 330 g/mol. The van der Waals surface area contributed by atoms with E-state index in [4.69, 9.17) is 13.9 Å². The van der Waals surface area contributed by atoms with E-state index in [1.165, 1.54) is 11.1 Å². The van der Waals surface area contributed by atoms with Crippen molar-refractivity contribution in [3.63, 3.8) is 0 Å². The highest BCUT2D eigenvalue weighted by atomic mass is 16.3. The Labute approximate surface area is 145 Å². The minimum Gasteiger partial charge on any atom is -0.472 e. The summed E-state index contributed by atoms with van der Waals surface area (Å²) in [6, 6.07) is 4.13. The topological polar surface area (TPSA) is 46.5 Å². The fourth-order valence-corrected chi connectivity index (χ4v) is 2.90. The van der Waals surface area contributed by atoms with Crippen LogP contribution in [0.1, 0.15) is 62.8 Å². The SMILES string of the molecule is C/C(=C/CCC(C)CCO)CCCc1coc(Cc2ccoc2)c1. The monoisotopic (exact) mass is 330 g/mol. The molecule has 0 aliphatic carbocycles. The van der Waals surface area contributed by atoms with Crippen molar-refractivity contribution in [2.24, 2.45) is 5.92 Å². The zero-order valence-corrected chi connectivity index (χ0v) is 15.0. The molecule has 24 heavy (non-hydrogen) atoms. The van der Waals surface area contributed by atoms with Gasteiger partial charge in [0.1, 0.15) is 5.76 Å². The molecule has 0 bridgehead atoms. The normalized spacial score (nSPS) is 13.4. The third kappa shape index (κ3) is 6.79. The number of hydrogen-bond acceptors (Lipinski definition) is 3. The van der Waals surface area contributed by atoms with Crippen molar-refractivity contribution in [3.05, 3.63) is 59.5 Å². The van der Waals surface area contributed by atoms with Gasteiger partial charge in [0.2, 0.25) is 0 Å². The summed E-state index contributed by atoms with van der Waals surface area (Å²) in [4.78, 5) is 0. The largest absolute Gasteiger partial charge is 0.472 e. The third-order valence-corrected chi connectivity index (χ3v) is 4.48. The van der Waals surface area contributed by atoms with Gasteiger partial charge in [-0.15, -0.1) is 0 Å². The molecular formula is C21H30O3. The molecule has 2 aromatic heterocycles. The van der Waals surface area contributed by atoms with Crippen LogP contribution >= 0.6 is 0 Å². The molecule has 2 aromatic rings. The molecule has 0 radical (unpaired) electrons. The van der Waals surface area contributed by atoms with E-state index in [0.717, 1.165) is 56.3 Å². The highest BCUT2D eigenvalue weighted by Crippen LogP contribution is 2.17. The van der Waals surface area contributed by atoms with Crippen molar-refractivity contribution in [3.8, 4) is 0 Å². The van der Waals surface area contributed by atoms with Gasteiger partial charge >= 0.3 is 0 Å². The summed E-state index contributed by atoms with van der Waals surface area (Å²) < 4.78 is 10.7. The molecule has 2 rings (SSSR count). The predicted octanol–water partition coefficient (Wildman–Crippen LogP) is 5.53. The lowest BCUT2D eigenvalue weighted by Gasteiger charge is -2.07. The number of furan rings is 2. The van der Waals surface area contributed by atoms with Crippen molar-refractivity contribution in [1.29, 1.82) is 0 Å². The standard InChI is InChI=1S/C21H30O3/c1-17(5-3-6-18(2)9-11-22)7-4-8-19-13-21(24-16-19)14-20-10-12-23-15-20/h5,10,12-13,15-16,18,22H,3-4,6-9,11,14H2,1-2H3/b17-5-. The summed E-state index contributed by atoms with van der Waals surface area (Å²) in [6.45, 7) is 4.73. The molecule has 0 amide bonds. The first-order valence-corrected chi connectivity index (χ1v) is 9.01. The first kappa shape index (κ1) is 18.6. The second-order valence-electron chi connectivity index (χ2n) is 6.83. The van der Waals surface area contributed by atoms with Crippen molar-refractivity contribution < 1.29 is 13.9 Å². The van der Waals surface area contributed by atoms with Gasteiger partial charge in [0.05, 0.1) is 18.8 Å². The van der Waals surface area contributed by atoms with Crippen LogP contribution < -0.4 is 0 Å². The first-order chi connectivity index (χ1) is 11.7. The molecule has 0 fully saturated rings. The zero-order chi connectivity index (χ0) is 17.2. The number of aryl methyl sites for hydroxylation is 1. The maximum atomic E-state index is 8.92. The molecule has 2 heterocycles. The molecule has 1 atom stereocenters. The summed E-state index contributed by atoms with van der Waals surface area (Å²) in [7, 11) is 0. The Morgan fingerprint density at radius 1 is 1.25 bits per heavy atom. The van der Waals surface area contributed by atoms with Crippen molar-refractivity contribution in [2.75, 3.05) is 6.61 Å². The van der Waals surface area contributed by atoms with Crippen LogP contribution in [0.25, 0.3) is 0 Å². The summed E-state index contributed by atoms with van der Waals surface area (Å²) in [5.41, 5.74) is 3.89. The average Bonchev–Trinajstić information content (AvgIpc) is 3.20. The van der Waals surface area contributed by atoms with Gasteiger partial charge in [0.25, 0.3) is 0 Å². The number of rotatable bonds is 11. The molecule has 132 valence electrons. The van der Waals surface area contributed by atoms with E-state index in [0.29, 0.717) is 12.5 Å². The molecule has 0 spiro atoms. The highest BCUT2D eigenvalue weighted by molar-refractivity contribution is 5.20. The third-order valence-electron chi connectivity index (χ3n) is 4.48. The highest BCUT2D eigenvalue weighted by Gasteiger charge is 2.05. The van der Waals surface area contributed by atoms with Gasteiger partial charge in [-0.05, 0) is 74.6 Å². The Morgan fingerprint density at radius 2 is 2.12 bits per heavy atom. The van der Waals surface area contributed by atoms with Gasteiger partial charge in [-0.25, -0.2) is 0 Å². The summed E-state index contributed by atoms with van der Waals surface area (Å²) in [5, 5.41) is 8.92. The molecule has 0 aromatic carbocycles. The number of aliphatic hydroxyl groups excluding tert-OH is 1. The molecule has 1 unspecified atom stereocenters. The maximum absolute atomic E-state index is 8.92. The second-order valence-corrected chi connectivity index (χ2v) is 6.83. The van der Waals surface area contributed by atoms with Gasteiger partial charge in [-0.1, -0.05) is 18.6 Å². The van der Waals surface area contributed by atoms with Crippen molar-refractivity contribution in [2.45, 2.75) is 58.8 Å². The van der Waals surface area contributed by atoms with Crippen LogP contribution in [0.15, 0.2) is 51.4 Å². The van der Waals surface area contributed by atoms with Crippen LogP contribution in [-0.4, -0.2) is 11.7 Å². The van der Waals surface area contributed by atoms with E-state index in [1.54, 1.807) is 12.5 Å². The fraction of sp³-hybridized carbons (Fsp3) is 0.524. The van der Waals surface area contributed by atoms with E-state index in [2.05, 4.69) is 26.0 Å². The first-order valence-electron chi connectivity index (χ1n) is 9.01. The van der Waals surface area contributed by atoms with Gasteiger partial charge < -0.3 is 13.9 Å². The maximum Gasteiger partial charge on any atom is 0.108 e. The molecular weight excluding hydrogens is 300 g/mol. The lowest BCUT2D eigenvalue weighted by Crippen LogP contribution is -1.97. The Kier molecular flexibility index (Phi) is 7.90. The number of allylic oxidation sites excluding steroid dienone is 2. The molecule has 3 heteroatoms. The lowest BCUT2D eigenvalue weighted by atomic mass is 10.00. The van der Waals surface area contributed by atoms with Gasteiger partial charge in [0, 0.05) is 13.0 Å². The molecule has 1 N–H and O–H groups in total. The van der Waals surface area contributed by atoms with Gasteiger partial charge in [0.15, 0.2) is 0 Å². The quantitative estimate of drug-likeness (QED) is 0.551. The minimum atomic E-state index is 0.303. The van der Waals surface area contributed by atoms with Crippen LogP contribution in [0.4, 0.5) is 0 Å². The van der Waals surface area contributed by atoms with E-state index < -0.39 is 0 Å². The lowest BCUT2D eigenvalue weighted by molar-refractivity contribution is 0.259. The van der Waals surface area contributed by atoms with Crippen LogP contribution in [0.3, 0.4) is 0 Å². The van der Waals surface area contributed by atoms with E-state index in [1.807, 2.05) is 12.3 Å². The van der Waals surface area contributed by atoms with Gasteiger partial charge in [-0.2, -0.15) is 0 Å². The summed E-state index contributed by atoms with van der Waals surface area (Å²) >= 11 is 0. The Bertz CT molecular complexity index is 592. The molecule has 0 aliphatic rings. The van der Waals surface area contributed by atoms with E-state index in [9.17, 15) is 0 Å². The Balaban J connectivity index is 1.65. The van der Waals surface area contributed by atoms with Crippen LogP contribution in [-0.2, 0) is 12.8 Å². The van der Waals surface area contributed by atoms with E-state index >= 15 is 0 Å². The van der Waals surface area contributed by atoms with E-state index in [-0.39, 0.29) is 0 Å². The second kappa shape index (κ2) is 10.2. The van der Waals surface area contributed by atoms with Crippen molar-refractivity contribution >= 4 is 0 Å².